The Labute approximate surface area is 166 Å². The second kappa shape index (κ2) is 7.53. The molecule has 4 nitrogen and oxygen atoms in total. The van der Waals surface area contributed by atoms with E-state index in [-0.39, 0.29) is 5.78 Å². The van der Waals surface area contributed by atoms with Crippen molar-refractivity contribution in [1.29, 1.82) is 0 Å². The van der Waals surface area contributed by atoms with Crippen molar-refractivity contribution >= 4 is 27.8 Å². The van der Waals surface area contributed by atoms with Gasteiger partial charge in [0.1, 0.15) is 10.2 Å². The van der Waals surface area contributed by atoms with E-state index in [1.165, 1.54) is 4.57 Å². The number of carbonyl (C=O) groups excluding carboxylic acids is 2. The average Bonchev–Trinajstić information content (AvgIpc) is 2.98. The van der Waals surface area contributed by atoms with E-state index in [9.17, 15) is 9.59 Å². The van der Waals surface area contributed by atoms with Crippen molar-refractivity contribution in [3.63, 3.8) is 0 Å². The predicted molar refractivity (Wildman–Crippen MR) is 109 cm³/mol. The topological polar surface area (TPSA) is 48.3 Å². The van der Waals surface area contributed by atoms with Crippen LogP contribution in [0.5, 0.6) is 0 Å². The summed E-state index contributed by atoms with van der Waals surface area (Å²) in [6, 6.07) is 18.5. The first-order valence-electron chi connectivity index (χ1n) is 8.57. The zero-order valence-corrected chi connectivity index (χ0v) is 17.0. The van der Waals surface area contributed by atoms with Crippen molar-refractivity contribution in [3.05, 3.63) is 82.6 Å². The van der Waals surface area contributed by atoms with E-state index in [0.717, 1.165) is 5.56 Å². The molecule has 2 aromatic carbocycles. The molecule has 0 fully saturated rings. The summed E-state index contributed by atoms with van der Waals surface area (Å²) >= 11 is 3.45. The van der Waals surface area contributed by atoms with Gasteiger partial charge in [-0.05, 0) is 42.3 Å². The Bertz CT molecular complexity index is 970. The van der Waals surface area contributed by atoms with Gasteiger partial charge in [-0.2, -0.15) is 0 Å². The van der Waals surface area contributed by atoms with Crippen molar-refractivity contribution in [2.75, 3.05) is 0 Å². The molecule has 138 valence electrons. The molecule has 0 N–H and O–H groups in total. The van der Waals surface area contributed by atoms with Crippen LogP contribution in [0.25, 0.3) is 11.1 Å². The molecule has 3 rings (SSSR count). The third-order valence-corrected chi connectivity index (χ3v) is 4.66. The lowest BCUT2D eigenvalue weighted by molar-refractivity contribution is 0.0534. The molecule has 0 saturated carbocycles. The summed E-state index contributed by atoms with van der Waals surface area (Å²) in [7, 11) is 0. The van der Waals surface area contributed by atoms with Gasteiger partial charge < -0.3 is 4.74 Å². The van der Waals surface area contributed by atoms with Crippen LogP contribution in [-0.2, 0) is 4.74 Å². The Morgan fingerprint density at radius 1 is 0.926 bits per heavy atom. The molecule has 0 aliphatic rings. The maximum Gasteiger partial charge on any atom is 0.419 e. The Balaban J connectivity index is 2.16. The molecule has 0 amide bonds. The van der Waals surface area contributed by atoms with E-state index in [4.69, 9.17) is 4.74 Å². The lowest BCUT2D eigenvalue weighted by Gasteiger charge is -2.19. The highest BCUT2D eigenvalue weighted by molar-refractivity contribution is 9.10. The zero-order valence-electron chi connectivity index (χ0n) is 15.4. The van der Waals surface area contributed by atoms with Gasteiger partial charge in [-0.15, -0.1) is 0 Å². The number of ether oxygens (including phenoxy) is 1. The van der Waals surface area contributed by atoms with Crippen LogP contribution >= 0.6 is 15.9 Å². The maximum atomic E-state index is 13.2. The van der Waals surface area contributed by atoms with Gasteiger partial charge in [0.25, 0.3) is 0 Å². The highest BCUT2D eigenvalue weighted by Crippen LogP contribution is 2.34. The SMILES string of the molecule is CC(C)(C)OC(=O)n1cc(-c2ccccc2)c(C(=O)c2ccccc2)c1Br. The molecular weight excluding hydrogens is 406 g/mol. The Morgan fingerprint density at radius 2 is 1.48 bits per heavy atom. The van der Waals surface area contributed by atoms with E-state index >= 15 is 0 Å². The fourth-order valence-electron chi connectivity index (χ4n) is 2.71. The molecule has 0 atom stereocenters. The van der Waals surface area contributed by atoms with E-state index < -0.39 is 11.7 Å². The highest BCUT2D eigenvalue weighted by Gasteiger charge is 2.27. The summed E-state index contributed by atoms with van der Waals surface area (Å²) in [5.41, 5.74) is 1.86. The summed E-state index contributed by atoms with van der Waals surface area (Å²) in [5.74, 6) is -0.163. The van der Waals surface area contributed by atoms with Crippen molar-refractivity contribution < 1.29 is 14.3 Å². The third-order valence-electron chi connectivity index (χ3n) is 3.88. The predicted octanol–water partition coefficient (Wildman–Crippen LogP) is 5.93. The van der Waals surface area contributed by atoms with Gasteiger partial charge in [-0.3, -0.25) is 4.79 Å². The molecule has 0 aliphatic heterocycles. The highest BCUT2D eigenvalue weighted by atomic mass is 79.9. The number of hydrogen-bond donors (Lipinski definition) is 0. The van der Waals surface area contributed by atoms with E-state index in [0.29, 0.717) is 21.3 Å². The molecule has 1 aromatic heterocycles. The van der Waals surface area contributed by atoms with Crippen LogP contribution in [0.15, 0.2) is 71.5 Å². The fourth-order valence-corrected chi connectivity index (χ4v) is 3.35. The van der Waals surface area contributed by atoms with Crippen molar-refractivity contribution in [1.82, 2.24) is 4.57 Å². The maximum absolute atomic E-state index is 13.2. The molecule has 3 aromatic rings. The Kier molecular flexibility index (Phi) is 5.33. The van der Waals surface area contributed by atoms with Crippen molar-refractivity contribution in [2.24, 2.45) is 0 Å². The number of rotatable bonds is 3. The van der Waals surface area contributed by atoms with Crippen LogP contribution in [-0.4, -0.2) is 22.0 Å². The molecule has 0 spiro atoms. The Morgan fingerprint density at radius 3 is 2.04 bits per heavy atom. The van der Waals surface area contributed by atoms with Crippen LogP contribution in [0.1, 0.15) is 36.7 Å². The Hall–Kier alpha value is -2.66. The van der Waals surface area contributed by atoms with Crippen LogP contribution in [0, 0.1) is 0 Å². The van der Waals surface area contributed by atoms with Crippen LogP contribution in [0.3, 0.4) is 0 Å². The first-order valence-corrected chi connectivity index (χ1v) is 9.36. The first kappa shape index (κ1) is 19.1. The summed E-state index contributed by atoms with van der Waals surface area (Å²) in [6.07, 6.45) is 1.10. The van der Waals surface area contributed by atoms with Crippen molar-refractivity contribution in [3.8, 4) is 11.1 Å². The number of carbonyl (C=O) groups is 2. The number of halogens is 1. The molecule has 0 aliphatic carbocycles. The van der Waals surface area contributed by atoms with Gasteiger partial charge in [-0.25, -0.2) is 9.36 Å². The van der Waals surface area contributed by atoms with Crippen LogP contribution < -0.4 is 0 Å². The average molecular weight is 426 g/mol. The van der Waals surface area contributed by atoms with Gasteiger partial charge in [0, 0.05) is 17.3 Å². The lowest BCUT2D eigenvalue weighted by atomic mass is 9.98. The minimum atomic E-state index is -0.642. The normalized spacial score (nSPS) is 11.3. The standard InChI is InChI=1S/C22H20BrNO3/c1-22(2,3)27-21(26)24-14-17(15-10-6-4-7-11-15)18(20(24)23)19(25)16-12-8-5-9-13-16/h4-14H,1-3H3. The molecule has 1 heterocycles. The summed E-state index contributed by atoms with van der Waals surface area (Å²) in [5, 5.41) is 0. The van der Waals surface area contributed by atoms with E-state index in [1.54, 1.807) is 39.1 Å². The smallest absolute Gasteiger partial charge is 0.419 e. The number of ketones is 1. The third kappa shape index (κ3) is 4.19. The molecule has 5 heteroatoms. The second-order valence-electron chi connectivity index (χ2n) is 7.12. The van der Waals surface area contributed by atoms with Gasteiger partial charge in [0.05, 0.1) is 5.56 Å². The van der Waals surface area contributed by atoms with Crippen LogP contribution in [0.4, 0.5) is 4.79 Å². The van der Waals surface area contributed by atoms with E-state index in [2.05, 4.69) is 15.9 Å². The minimum absolute atomic E-state index is 0.163. The second-order valence-corrected chi connectivity index (χ2v) is 7.87. The van der Waals surface area contributed by atoms with E-state index in [1.807, 2.05) is 48.5 Å². The number of hydrogen-bond acceptors (Lipinski definition) is 3. The van der Waals surface area contributed by atoms with Gasteiger partial charge in [0.15, 0.2) is 5.78 Å². The molecule has 0 bridgehead atoms. The number of nitrogens with zero attached hydrogens (tertiary/aromatic N) is 1. The molecule has 0 radical (unpaired) electrons. The monoisotopic (exact) mass is 425 g/mol. The summed E-state index contributed by atoms with van der Waals surface area (Å²) in [4.78, 5) is 25.8. The quantitative estimate of drug-likeness (QED) is 0.488. The van der Waals surface area contributed by atoms with Crippen molar-refractivity contribution in [2.45, 2.75) is 26.4 Å². The molecule has 0 saturated heterocycles. The molecule has 0 unspecified atom stereocenters. The first-order chi connectivity index (χ1) is 12.8. The zero-order chi connectivity index (χ0) is 19.6. The lowest BCUT2D eigenvalue weighted by Crippen LogP contribution is -2.27. The van der Waals surface area contributed by atoms with Crippen LogP contribution in [0.2, 0.25) is 0 Å². The fraction of sp³-hybridized carbons (Fsp3) is 0.182. The summed E-state index contributed by atoms with van der Waals surface area (Å²) in [6.45, 7) is 5.41. The molecular formula is C22H20BrNO3. The minimum Gasteiger partial charge on any atom is -0.443 e. The number of benzene rings is 2. The van der Waals surface area contributed by atoms with Gasteiger partial charge in [-0.1, -0.05) is 60.7 Å². The number of aromatic nitrogens is 1. The summed E-state index contributed by atoms with van der Waals surface area (Å²) < 4.78 is 7.19. The largest absolute Gasteiger partial charge is 0.443 e. The van der Waals surface area contributed by atoms with Gasteiger partial charge >= 0.3 is 6.09 Å². The van der Waals surface area contributed by atoms with Gasteiger partial charge in [0.2, 0.25) is 0 Å². The molecule has 27 heavy (non-hydrogen) atoms.